The second kappa shape index (κ2) is 4.42. The zero-order chi connectivity index (χ0) is 10.6. The predicted molar refractivity (Wildman–Crippen MR) is 53.2 cm³/mol. The molecule has 2 N–H and O–H groups in total. The van der Waals surface area contributed by atoms with Gasteiger partial charge in [0.05, 0.1) is 0 Å². The average molecular weight is 185 g/mol. The number of carbonyl (C=O) groups excluding carboxylic acids is 1. The van der Waals surface area contributed by atoms with E-state index in [1.165, 1.54) is 0 Å². The van der Waals surface area contributed by atoms with Crippen molar-refractivity contribution >= 4 is 5.97 Å². The zero-order valence-corrected chi connectivity index (χ0v) is 8.83. The minimum absolute atomic E-state index is 0.108. The summed E-state index contributed by atoms with van der Waals surface area (Å²) in [5, 5.41) is 0. The summed E-state index contributed by atoms with van der Waals surface area (Å²) in [6.45, 7) is 10.9. The number of hydrogen-bond acceptors (Lipinski definition) is 3. The highest BCUT2D eigenvalue weighted by Crippen LogP contribution is 2.19. The number of hydrogen-bond donors (Lipinski definition) is 1. The first-order valence-corrected chi connectivity index (χ1v) is 4.41. The maximum Gasteiger partial charge on any atom is 0.330 e. The zero-order valence-electron chi connectivity index (χ0n) is 8.83. The lowest BCUT2D eigenvalue weighted by Crippen LogP contribution is -2.45. The standard InChI is InChI=1S/C10H19NO2/c1-6-9(12)13-8(3)7(2)10(4,5)11/h6-8H,1,11H2,2-5H3. The molecule has 3 nitrogen and oxygen atoms in total. The number of rotatable bonds is 4. The summed E-state index contributed by atoms with van der Waals surface area (Å²) in [7, 11) is 0. The van der Waals surface area contributed by atoms with Crippen molar-refractivity contribution in [3.63, 3.8) is 0 Å². The maximum atomic E-state index is 10.9. The predicted octanol–water partition coefficient (Wildman–Crippen LogP) is 1.48. The van der Waals surface area contributed by atoms with Crippen LogP contribution in [-0.4, -0.2) is 17.6 Å². The number of nitrogens with two attached hydrogens (primary N) is 1. The largest absolute Gasteiger partial charge is 0.459 e. The molecule has 76 valence electrons. The van der Waals surface area contributed by atoms with E-state index < -0.39 is 5.97 Å². The Morgan fingerprint density at radius 1 is 1.54 bits per heavy atom. The van der Waals surface area contributed by atoms with E-state index in [1.54, 1.807) is 0 Å². The molecule has 0 aliphatic heterocycles. The van der Waals surface area contributed by atoms with E-state index in [0.717, 1.165) is 6.08 Å². The van der Waals surface area contributed by atoms with Crippen molar-refractivity contribution in [2.75, 3.05) is 0 Å². The fraction of sp³-hybridized carbons (Fsp3) is 0.700. The molecule has 0 saturated carbocycles. The lowest BCUT2D eigenvalue weighted by molar-refractivity contribution is -0.145. The molecule has 0 spiro atoms. The fourth-order valence-electron chi connectivity index (χ4n) is 0.938. The summed E-state index contributed by atoms with van der Waals surface area (Å²) in [5.74, 6) is -0.292. The summed E-state index contributed by atoms with van der Waals surface area (Å²) < 4.78 is 5.05. The van der Waals surface area contributed by atoms with Gasteiger partial charge in [-0.15, -0.1) is 0 Å². The van der Waals surface area contributed by atoms with Crippen LogP contribution in [0.4, 0.5) is 0 Å². The smallest absolute Gasteiger partial charge is 0.330 e. The van der Waals surface area contributed by atoms with Crippen LogP contribution in [0.3, 0.4) is 0 Å². The van der Waals surface area contributed by atoms with Gasteiger partial charge in [-0.25, -0.2) is 4.79 Å². The van der Waals surface area contributed by atoms with E-state index in [0.29, 0.717) is 0 Å². The summed E-state index contributed by atoms with van der Waals surface area (Å²) in [6, 6.07) is 0. The molecule has 0 aromatic carbocycles. The number of carbonyl (C=O) groups is 1. The summed E-state index contributed by atoms with van der Waals surface area (Å²) >= 11 is 0. The van der Waals surface area contributed by atoms with Gasteiger partial charge in [0.1, 0.15) is 6.10 Å². The monoisotopic (exact) mass is 185 g/mol. The van der Waals surface area contributed by atoms with Crippen molar-refractivity contribution in [3.05, 3.63) is 12.7 Å². The molecular weight excluding hydrogens is 166 g/mol. The van der Waals surface area contributed by atoms with Crippen molar-refractivity contribution < 1.29 is 9.53 Å². The number of esters is 1. The van der Waals surface area contributed by atoms with Gasteiger partial charge in [-0.1, -0.05) is 13.5 Å². The van der Waals surface area contributed by atoms with Crippen LogP contribution in [0.15, 0.2) is 12.7 Å². The summed E-state index contributed by atoms with van der Waals surface area (Å²) in [5.41, 5.74) is 5.53. The van der Waals surface area contributed by atoms with Crippen LogP contribution in [0.25, 0.3) is 0 Å². The SMILES string of the molecule is C=CC(=O)OC(C)C(C)C(C)(C)N. The van der Waals surface area contributed by atoms with Gasteiger partial charge in [-0.2, -0.15) is 0 Å². The van der Waals surface area contributed by atoms with Gasteiger partial charge in [0, 0.05) is 17.5 Å². The van der Waals surface area contributed by atoms with Crippen LogP contribution < -0.4 is 5.73 Å². The van der Waals surface area contributed by atoms with Crippen molar-refractivity contribution in [2.24, 2.45) is 11.7 Å². The quantitative estimate of drug-likeness (QED) is 0.533. The molecule has 0 radical (unpaired) electrons. The minimum atomic E-state index is -0.399. The third-order valence-corrected chi connectivity index (χ3v) is 2.35. The molecular formula is C10H19NO2. The normalized spacial score (nSPS) is 16.1. The second-order valence-corrected chi connectivity index (χ2v) is 3.96. The van der Waals surface area contributed by atoms with Crippen LogP contribution in [-0.2, 0) is 9.53 Å². The van der Waals surface area contributed by atoms with E-state index in [-0.39, 0.29) is 17.6 Å². The lowest BCUT2D eigenvalue weighted by atomic mass is 9.86. The lowest BCUT2D eigenvalue weighted by Gasteiger charge is -2.31. The molecule has 2 unspecified atom stereocenters. The van der Waals surface area contributed by atoms with E-state index >= 15 is 0 Å². The maximum absolute atomic E-state index is 10.9. The molecule has 3 heteroatoms. The Bertz CT molecular complexity index is 194. The molecule has 13 heavy (non-hydrogen) atoms. The highest BCUT2D eigenvalue weighted by molar-refractivity contribution is 5.81. The van der Waals surface area contributed by atoms with Crippen LogP contribution >= 0.6 is 0 Å². The third-order valence-electron chi connectivity index (χ3n) is 2.35. The van der Waals surface area contributed by atoms with Crippen molar-refractivity contribution in [2.45, 2.75) is 39.3 Å². The highest BCUT2D eigenvalue weighted by atomic mass is 16.5. The molecule has 0 saturated heterocycles. The highest BCUT2D eigenvalue weighted by Gasteiger charge is 2.27. The molecule has 0 bridgehead atoms. The number of ether oxygens (including phenoxy) is 1. The first-order chi connectivity index (χ1) is 5.79. The average Bonchev–Trinajstić information content (AvgIpc) is 2.01. The minimum Gasteiger partial charge on any atom is -0.459 e. The Morgan fingerprint density at radius 3 is 2.31 bits per heavy atom. The van der Waals surface area contributed by atoms with E-state index in [4.69, 9.17) is 10.5 Å². The van der Waals surface area contributed by atoms with Gasteiger partial charge in [-0.3, -0.25) is 0 Å². The first-order valence-electron chi connectivity index (χ1n) is 4.41. The van der Waals surface area contributed by atoms with E-state index in [1.807, 2.05) is 27.7 Å². The van der Waals surface area contributed by atoms with Crippen LogP contribution in [0, 0.1) is 5.92 Å². The van der Waals surface area contributed by atoms with Gasteiger partial charge >= 0.3 is 5.97 Å². The van der Waals surface area contributed by atoms with Crippen LogP contribution in [0.1, 0.15) is 27.7 Å². The molecule has 2 atom stereocenters. The van der Waals surface area contributed by atoms with Crippen molar-refractivity contribution in [1.29, 1.82) is 0 Å². The molecule has 0 aromatic rings. The molecule has 0 rings (SSSR count). The van der Waals surface area contributed by atoms with Crippen LogP contribution in [0.5, 0.6) is 0 Å². The fourth-order valence-corrected chi connectivity index (χ4v) is 0.938. The Labute approximate surface area is 79.9 Å². The van der Waals surface area contributed by atoms with E-state index in [2.05, 4.69) is 6.58 Å². The van der Waals surface area contributed by atoms with Crippen LogP contribution in [0.2, 0.25) is 0 Å². The van der Waals surface area contributed by atoms with Gasteiger partial charge in [0.2, 0.25) is 0 Å². The summed E-state index contributed by atoms with van der Waals surface area (Å²) in [6.07, 6.45) is 0.970. The molecule has 0 aliphatic carbocycles. The molecule has 0 heterocycles. The van der Waals surface area contributed by atoms with Crippen molar-refractivity contribution in [3.8, 4) is 0 Å². The van der Waals surface area contributed by atoms with Gasteiger partial charge in [0.15, 0.2) is 0 Å². The Morgan fingerprint density at radius 2 is 2.00 bits per heavy atom. The molecule has 0 fully saturated rings. The molecule has 0 amide bonds. The Balaban J connectivity index is 4.19. The molecule has 0 aliphatic rings. The molecule has 0 aromatic heterocycles. The first kappa shape index (κ1) is 12.2. The third kappa shape index (κ3) is 4.08. The van der Waals surface area contributed by atoms with Gasteiger partial charge in [0.25, 0.3) is 0 Å². The van der Waals surface area contributed by atoms with Crippen molar-refractivity contribution in [1.82, 2.24) is 0 Å². The van der Waals surface area contributed by atoms with Gasteiger partial charge < -0.3 is 10.5 Å². The Hall–Kier alpha value is -0.830. The van der Waals surface area contributed by atoms with Gasteiger partial charge in [-0.05, 0) is 20.8 Å². The van der Waals surface area contributed by atoms with E-state index in [9.17, 15) is 4.79 Å². The second-order valence-electron chi connectivity index (χ2n) is 3.96. The summed E-state index contributed by atoms with van der Waals surface area (Å²) in [4.78, 5) is 10.9. The topological polar surface area (TPSA) is 52.3 Å². The Kier molecular flexibility index (Phi) is 4.14.